The molecule has 0 aromatic heterocycles. The second-order valence-electron chi connectivity index (χ2n) is 6.54. The van der Waals surface area contributed by atoms with Crippen molar-refractivity contribution in [2.24, 2.45) is 0 Å². The van der Waals surface area contributed by atoms with Gasteiger partial charge in [-0.05, 0) is 24.3 Å². The monoisotopic (exact) mass is 454 g/mol. The van der Waals surface area contributed by atoms with Crippen molar-refractivity contribution < 1.29 is 27.4 Å². The number of carbonyl (C=O) groups is 1. The van der Waals surface area contributed by atoms with E-state index in [2.05, 4.69) is 0 Å². The van der Waals surface area contributed by atoms with Gasteiger partial charge in [0.15, 0.2) is 11.5 Å². The molecule has 0 aliphatic carbocycles. The van der Waals surface area contributed by atoms with Gasteiger partial charge < -0.3 is 19.1 Å². The largest absolute Gasteiger partial charge is 0.493 e. The minimum atomic E-state index is -3.73. The molecule has 3 rings (SSSR count). The summed E-state index contributed by atoms with van der Waals surface area (Å²) in [4.78, 5) is 14.7. The average molecular weight is 455 g/mol. The fraction of sp³-hybridized carbons (Fsp3) is 0.350. The number of benzene rings is 2. The van der Waals surface area contributed by atoms with Gasteiger partial charge in [-0.1, -0.05) is 23.7 Å². The molecule has 0 atom stereocenters. The number of piperazine rings is 1. The lowest BCUT2D eigenvalue weighted by Gasteiger charge is -2.34. The molecule has 0 spiro atoms. The van der Waals surface area contributed by atoms with E-state index in [0.717, 1.165) is 0 Å². The quantitative estimate of drug-likeness (QED) is 0.666. The lowest BCUT2D eigenvalue weighted by atomic mass is 10.1. The molecule has 1 aliphatic rings. The summed E-state index contributed by atoms with van der Waals surface area (Å²) in [5, 5.41) is 0.174. The molecule has 162 valence electrons. The third-order valence-corrected chi connectivity index (χ3v) is 7.29. The first-order valence-electron chi connectivity index (χ1n) is 9.17. The molecule has 0 N–H and O–H groups in total. The Morgan fingerprint density at radius 3 is 2.00 bits per heavy atom. The molecule has 10 heteroatoms. The predicted octanol–water partition coefficient (Wildman–Crippen LogP) is 2.51. The molecule has 1 heterocycles. The maximum absolute atomic E-state index is 13.0. The zero-order valence-electron chi connectivity index (χ0n) is 16.9. The standard InChI is InChI=1S/C20H23ClN2O6S/c1-27-16-12-14(13-17(28-2)19(16)29-3)20(24)22-8-10-23(11-9-22)30(25,26)18-7-5-4-6-15(18)21/h4-7,12-13H,8-11H2,1-3H3. The summed E-state index contributed by atoms with van der Waals surface area (Å²) in [5.41, 5.74) is 0.368. The van der Waals surface area contributed by atoms with Crippen LogP contribution in [0.1, 0.15) is 10.4 Å². The molecule has 1 saturated heterocycles. The number of sulfonamides is 1. The Balaban J connectivity index is 1.77. The van der Waals surface area contributed by atoms with Crippen molar-refractivity contribution in [3.63, 3.8) is 0 Å². The van der Waals surface area contributed by atoms with E-state index in [1.54, 1.807) is 35.2 Å². The Hall–Kier alpha value is -2.49. The van der Waals surface area contributed by atoms with Crippen molar-refractivity contribution in [1.82, 2.24) is 9.21 Å². The van der Waals surface area contributed by atoms with Gasteiger partial charge in [0.05, 0.1) is 26.4 Å². The van der Waals surface area contributed by atoms with Gasteiger partial charge in [0.25, 0.3) is 5.91 Å². The second kappa shape index (κ2) is 9.11. The number of ether oxygens (including phenoxy) is 3. The summed E-state index contributed by atoms with van der Waals surface area (Å²) in [5.74, 6) is 0.900. The summed E-state index contributed by atoms with van der Waals surface area (Å²) < 4.78 is 43.0. The maximum Gasteiger partial charge on any atom is 0.254 e. The van der Waals surface area contributed by atoms with Gasteiger partial charge in [-0.15, -0.1) is 0 Å². The second-order valence-corrected chi connectivity index (χ2v) is 8.85. The molecule has 2 aromatic carbocycles. The Morgan fingerprint density at radius 1 is 0.933 bits per heavy atom. The van der Waals surface area contributed by atoms with Gasteiger partial charge in [-0.2, -0.15) is 4.31 Å². The topological polar surface area (TPSA) is 85.4 Å². The van der Waals surface area contributed by atoms with Crippen LogP contribution >= 0.6 is 11.6 Å². The number of carbonyl (C=O) groups excluding carboxylic acids is 1. The van der Waals surface area contributed by atoms with Crippen LogP contribution in [0.2, 0.25) is 5.02 Å². The molecule has 0 unspecified atom stereocenters. The highest BCUT2D eigenvalue weighted by molar-refractivity contribution is 7.89. The average Bonchev–Trinajstić information content (AvgIpc) is 2.77. The molecular weight excluding hydrogens is 432 g/mol. The lowest BCUT2D eigenvalue weighted by molar-refractivity contribution is 0.0697. The van der Waals surface area contributed by atoms with Crippen LogP contribution in [0.25, 0.3) is 0 Å². The fourth-order valence-corrected chi connectivity index (χ4v) is 5.23. The molecular formula is C20H23ClN2O6S. The van der Waals surface area contributed by atoms with Crippen molar-refractivity contribution in [2.45, 2.75) is 4.90 Å². The highest BCUT2D eigenvalue weighted by Gasteiger charge is 2.32. The van der Waals surface area contributed by atoms with Gasteiger partial charge in [0.2, 0.25) is 15.8 Å². The van der Waals surface area contributed by atoms with Crippen LogP contribution < -0.4 is 14.2 Å². The first kappa shape index (κ1) is 22.2. The number of nitrogens with zero attached hydrogens (tertiary/aromatic N) is 2. The molecule has 1 amide bonds. The molecule has 0 radical (unpaired) electrons. The van der Waals surface area contributed by atoms with E-state index >= 15 is 0 Å². The molecule has 1 fully saturated rings. The highest BCUT2D eigenvalue weighted by Crippen LogP contribution is 2.38. The fourth-order valence-electron chi connectivity index (χ4n) is 3.31. The first-order chi connectivity index (χ1) is 14.3. The number of hydrogen-bond acceptors (Lipinski definition) is 6. The minimum Gasteiger partial charge on any atom is -0.493 e. The van der Waals surface area contributed by atoms with Gasteiger partial charge in [-0.3, -0.25) is 4.79 Å². The van der Waals surface area contributed by atoms with E-state index in [1.165, 1.54) is 31.7 Å². The summed E-state index contributed by atoms with van der Waals surface area (Å²) in [6, 6.07) is 9.48. The van der Waals surface area contributed by atoms with Crippen molar-refractivity contribution in [3.8, 4) is 17.2 Å². The number of halogens is 1. The van der Waals surface area contributed by atoms with Crippen molar-refractivity contribution in [1.29, 1.82) is 0 Å². The number of rotatable bonds is 6. The Kier molecular flexibility index (Phi) is 6.74. The van der Waals surface area contributed by atoms with Crippen LogP contribution in [-0.2, 0) is 10.0 Å². The van der Waals surface area contributed by atoms with Gasteiger partial charge in [0, 0.05) is 31.7 Å². The zero-order chi connectivity index (χ0) is 21.9. The van der Waals surface area contributed by atoms with E-state index in [0.29, 0.717) is 22.8 Å². The predicted molar refractivity (Wildman–Crippen MR) is 112 cm³/mol. The highest BCUT2D eigenvalue weighted by atomic mass is 35.5. The van der Waals surface area contributed by atoms with E-state index < -0.39 is 10.0 Å². The molecule has 30 heavy (non-hydrogen) atoms. The summed E-state index contributed by atoms with van der Waals surface area (Å²) in [6.07, 6.45) is 0. The number of amides is 1. The van der Waals surface area contributed by atoms with Crippen LogP contribution in [0.5, 0.6) is 17.2 Å². The molecule has 1 aliphatic heterocycles. The van der Waals surface area contributed by atoms with E-state index in [9.17, 15) is 13.2 Å². The lowest BCUT2D eigenvalue weighted by Crippen LogP contribution is -2.50. The summed E-state index contributed by atoms with van der Waals surface area (Å²) in [7, 11) is 0.709. The van der Waals surface area contributed by atoms with Gasteiger partial charge >= 0.3 is 0 Å². The normalized spacial score (nSPS) is 15.0. The number of methoxy groups -OCH3 is 3. The number of hydrogen-bond donors (Lipinski definition) is 0. The van der Waals surface area contributed by atoms with Crippen LogP contribution in [-0.4, -0.2) is 71.0 Å². The molecule has 8 nitrogen and oxygen atoms in total. The van der Waals surface area contributed by atoms with Crippen molar-refractivity contribution in [3.05, 3.63) is 47.0 Å². The zero-order valence-corrected chi connectivity index (χ0v) is 18.5. The van der Waals surface area contributed by atoms with E-state index in [4.69, 9.17) is 25.8 Å². The minimum absolute atomic E-state index is 0.0658. The van der Waals surface area contributed by atoms with Gasteiger partial charge in [-0.25, -0.2) is 8.42 Å². The van der Waals surface area contributed by atoms with E-state index in [1.807, 2.05) is 0 Å². The molecule has 0 bridgehead atoms. The maximum atomic E-state index is 13.0. The van der Waals surface area contributed by atoms with Crippen molar-refractivity contribution in [2.75, 3.05) is 47.5 Å². The van der Waals surface area contributed by atoms with Crippen LogP contribution in [0.4, 0.5) is 0 Å². The Bertz CT molecular complexity index is 1010. The summed E-state index contributed by atoms with van der Waals surface area (Å²) >= 11 is 6.06. The first-order valence-corrected chi connectivity index (χ1v) is 11.0. The van der Waals surface area contributed by atoms with Crippen LogP contribution in [0.15, 0.2) is 41.3 Å². The molecule has 2 aromatic rings. The molecule has 0 saturated carbocycles. The van der Waals surface area contributed by atoms with Crippen LogP contribution in [0.3, 0.4) is 0 Å². The van der Waals surface area contributed by atoms with Crippen LogP contribution in [0, 0.1) is 0 Å². The van der Waals surface area contributed by atoms with Crippen molar-refractivity contribution >= 4 is 27.5 Å². The Morgan fingerprint density at radius 2 is 1.50 bits per heavy atom. The third kappa shape index (κ3) is 4.19. The smallest absolute Gasteiger partial charge is 0.254 e. The summed E-state index contributed by atoms with van der Waals surface area (Å²) in [6.45, 7) is 0.839. The Labute approximate surface area is 180 Å². The third-order valence-electron chi connectivity index (χ3n) is 4.89. The SMILES string of the molecule is COc1cc(C(=O)N2CCN(S(=O)(=O)c3ccccc3Cl)CC2)cc(OC)c1OC. The van der Waals surface area contributed by atoms with E-state index in [-0.39, 0.29) is 42.0 Å². The van der Waals surface area contributed by atoms with Gasteiger partial charge in [0.1, 0.15) is 4.90 Å².